The van der Waals surface area contributed by atoms with Crippen molar-refractivity contribution in [2.75, 3.05) is 7.11 Å². The number of benzene rings is 2. The number of ether oxygens (including phenoxy) is 2. The maximum Gasteiger partial charge on any atom is 0.373 e. The zero-order chi connectivity index (χ0) is 25.8. The number of carbonyl (C=O) groups excluding carboxylic acids is 3. The first kappa shape index (κ1) is 24.1. The fraction of sp³-hybridized carbons (Fsp3) is 0.125. The summed E-state index contributed by atoms with van der Waals surface area (Å²) in [5.74, 6) is -1.92. The lowest BCUT2D eigenvalue weighted by molar-refractivity contribution is -0.386. The molecule has 1 aliphatic heterocycles. The Hall–Kier alpha value is -5.00. The third kappa shape index (κ3) is 5.06. The van der Waals surface area contributed by atoms with Gasteiger partial charge in [0, 0.05) is 11.6 Å². The normalized spacial score (nSPS) is 14.2. The van der Waals surface area contributed by atoms with Gasteiger partial charge in [-0.3, -0.25) is 19.8 Å². The Balaban J connectivity index is 1.58. The van der Waals surface area contributed by atoms with Gasteiger partial charge in [0.2, 0.25) is 11.5 Å². The SMILES string of the molecule is COC(=O)c1ccc(CN2C(=O)N/C(=C\c3cccc([N+](=O)[O-])c3OCc3ccc(F)cc3)C2=O)o1. The van der Waals surface area contributed by atoms with Crippen molar-refractivity contribution in [1.29, 1.82) is 0 Å². The summed E-state index contributed by atoms with van der Waals surface area (Å²) in [7, 11) is 1.19. The zero-order valence-electron chi connectivity index (χ0n) is 18.7. The lowest BCUT2D eigenvalue weighted by Crippen LogP contribution is -2.30. The predicted octanol–water partition coefficient (Wildman–Crippen LogP) is 3.79. The number of nitrogens with zero attached hydrogens (tertiary/aromatic N) is 2. The number of imide groups is 1. The molecule has 0 spiro atoms. The van der Waals surface area contributed by atoms with E-state index in [2.05, 4.69) is 10.1 Å². The molecule has 0 unspecified atom stereocenters. The second kappa shape index (κ2) is 10.1. The topological polar surface area (TPSA) is 141 Å². The van der Waals surface area contributed by atoms with Crippen LogP contribution in [0.15, 0.2) is 64.7 Å². The number of halogens is 1. The molecule has 0 aliphatic carbocycles. The Labute approximate surface area is 202 Å². The Bertz CT molecular complexity index is 1380. The highest BCUT2D eigenvalue weighted by Crippen LogP contribution is 2.33. The summed E-state index contributed by atoms with van der Waals surface area (Å²) >= 11 is 0. The average Bonchev–Trinajstić information content (AvgIpc) is 3.44. The quantitative estimate of drug-likeness (QED) is 0.164. The van der Waals surface area contributed by atoms with Crippen molar-refractivity contribution < 1.29 is 37.6 Å². The molecule has 0 saturated carbocycles. The van der Waals surface area contributed by atoms with E-state index in [9.17, 15) is 28.9 Å². The number of nitro benzene ring substituents is 1. The van der Waals surface area contributed by atoms with Crippen LogP contribution in [0, 0.1) is 15.9 Å². The van der Waals surface area contributed by atoms with E-state index < -0.39 is 28.6 Å². The smallest absolute Gasteiger partial charge is 0.373 e. The van der Waals surface area contributed by atoms with E-state index in [1.165, 1.54) is 67.8 Å². The molecule has 2 aromatic carbocycles. The molecule has 12 heteroatoms. The predicted molar refractivity (Wildman–Crippen MR) is 121 cm³/mol. The van der Waals surface area contributed by atoms with E-state index in [-0.39, 0.29) is 47.4 Å². The van der Waals surface area contributed by atoms with Gasteiger partial charge >= 0.3 is 17.7 Å². The first-order chi connectivity index (χ1) is 17.3. The highest BCUT2D eigenvalue weighted by atomic mass is 19.1. The number of amides is 3. The van der Waals surface area contributed by atoms with E-state index in [1.807, 2.05) is 0 Å². The van der Waals surface area contributed by atoms with Gasteiger partial charge in [-0.05, 0) is 35.9 Å². The molecule has 3 amide bonds. The van der Waals surface area contributed by atoms with E-state index >= 15 is 0 Å². The number of para-hydroxylation sites is 1. The Kier molecular flexibility index (Phi) is 6.77. The molecule has 1 N–H and O–H groups in total. The number of rotatable bonds is 8. The van der Waals surface area contributed by atoms with Crippen LogP contribution in [0.2, 0.25) is 0 Å². The van der Waals surface area contributed by atoms with Crippen LogP contribution < -0.4 is 10.1 Å². The summed E-state index contributed by atoms with van der Waals surface area (Å²) in [5, 5.41) is 14.0. The van der Waals surface area contributed by atoms with Gasteiger partial charge in [-0.1, -0.05) is 24.3 Å². The van der Waals surface area contributed by atoms with Gasteiger partial charge < -0.3 is 19.2 Å². The van der Waals surface area contributed by atoms with E-state index in [1.54, 1.807) is 0 Å². The average molecular weight is 495 g/mol. The number of hydrogen-bond acceptors (Lipinski definition) is 8. The van der Waals surface area contributed by atoms with Crippen LogP contribution in [0.1, 0.15) is 27.4 Å². The summed E-state index contributed by atoms with van der Waals surface area (Å²) in [4.78, 5) is 48.7. The maximum absolute atomic E-state index is 13.2. The van der Waals surface area contributed by atoms with Crippen LogP contribution in [0.4, 0.5) is 14.9 Å². The summed E-state index contributed by atoms with van der Waals surface area (Å²) in [6, 6.07) is 11.6. The molecule has 0 atom stereocenters. The monoisotopic (exact) mass is 495 g/mol. The Morgan fingerprint density at radius 3 is 2.61 bits per heavy atom. The zero-order valence-corrected chi connectivity index (χ0v) is 18.7. The number of carbonyl (C=O) groups is 3. The molecular weight excluding hydrogens is 477 g/mol. The molecule has 3 aromatic rings. The molecule has 36 heavy (non-hydrogen) atoms. The molecular formula is C24H18FN3O8. The number of methoxy groups -OCH3 is 1. The summed E-state index contributed by atoms with van der Waals surface area (Å²) in [6.45, 7) is -0.364. The molecule has 184 valence electrons. The third-order valence-electron chi connectivity index (χ3n) is 5.14. The van der Waals surface area contributed by atoms with Crippen LogP contribution in [-0.4, -0.2) is 34.8 Å². The summed E-state index contributed by atoms with van der Waals surface area (Å²) in [6.07, 6.45) is 1.26. The molecule has 4 rings (SSSR count). The number of furan rings is 1. The highest BCUT2D eigenvalue weighted by molar-refractivity contribution is 6.14. The number of hydrogen-bond donors (Lipinski definition) is 1. The molecule has 11 nitrogen and oxygen atoms in total. The molecule has 0 radical (unpaired) electrons. The molecule has 1 aliphatic rings. The number of esters is 1. The van der Waals surface area contributed by atoms with Crippen LogP contribution in [-0.2, 0) is 22.7 Å². The van der Waals surface area contributed by atoms with Gasteiger partial charge in [0.25, 0.3) is 5.91 Å². The van der Waals surface area contributed by atoms with Gasteiger partial charge in [0.15, 0.2) is 0 Å². The fourth-order valence-electron chi connectivity index (χ4n) is 3.39. The minimum absolute atomic E-state index is 0.0881. The number of urea groups is 1. The van der Waals surface area contributed by atoms with Gasteiger partial charge in [0.1, 0.15) is 23.9 Å². The lowest BCUT2D eigenvalue weighted by Gasteiger charge is -2.11. The first-order valence-electron chi connectivity index (χ1n) is 10.4. The van der Waals surface area contributed by atoms with Gasteiger partial charge in [-0.15, -0.1) is 0 Å². The molecule has 2 heterocycles. The molecule has 1 aromatic heterocycles. The van der Waals surface area contributed by atoms with Gasteiger partial charge in [-0.2, -0.15) is 0 Å². The van der Waals surface area contributed by atoms with Crippen LogP contribution in [0.3, 0.4) is 0 Å². The van der Waals surface area contributed by atoms with Crippen LogP contribution >= 0.6 is 0 Å². The highest BCUT2D eigenvalue weighted by Gasteiger charge is 2.35. The van der Waals surface area contributed by atoms with Crippen molar-refractivity contribution in [3.05, 3.63) is 98.9 Å². The minimum atomic E-state index is -0.749. The maximum atomic E-state index is 13.2. The lowest BCUT2D eigenvalue weighted by atomic mass is 10.1. The van der Waals surface area contributed by atoms with Crippen molar-refractivity contribution in [2.45, 2.75) is 13.2 Å². The Morgan fingerprint density at radius 1 is 1.17 bits per heavy atom. The van der Waals surface area contributed by atoms with Crippen molar-refractivity contribution in [1.82, 2.24) is 10.2 Å². The van der Waals surface area contributed by atoms with Crippen molar-refractivity contribution in [3.8, 4) is 5.75 Å². The molecule has 0 bridgehead atoms. The third-order valence-corrected chi connectivity index (χ3v) is 5.14. The van der Waals surface area contributed by atoms with Crippen LogP contribution in [0.5, 0.6) is 5.75 Å². The standard InChI is InChI=1S/C24H18FN3O8/c1-34-23(30)20-10-9-17(36-20)12-27-22(29)18(26-24(27)31)11-15-3-2-4-19(28(32)33)21(15)35-13-14-5-7-16(25)8-6-14/h2-11H,12-13H2,1H3,(H,26,31)/b18-11-. The second-order valence-corrected chi connectivity index (χ2v) is 7.50. The Morgan fingerprint density at radius 2 is 1.92 bits per heavy atom. The van der Waals surface area contributed by atoms with E-state index in [4.69, 9.17) is 9.15 Å². The second-order valence-electron chi connectivity index (χ2n) is 7.50. The van der Waals surface area contributed by atoms with E-state index in [0.29, 0.717) is 5.56 Å². The molecule has 1 saturated heterocycles. The number of nitro groups is 1. The summed E-state index contributed by atoms with van der Waals surface area (Å²) in [5.41, 5.74) is 0.232. The molecule has 1 fully saturated rings. The number of nitrogens with one attached hydrogen (secondary N) is 1. The summed E-state index contributed by atoms with van der Waals surface area (Å²) < 4.78 is 28.7. The van der Waals surface area contributed by atoms with Gasteiger partial charge in [0.05, 0.1) is 18.6 Å². The van der Waals surface area contributed by atoms with Gasteiger partial charge in [-0.25, -0.2) is 14.0 Å². The van der Waals surface area contributed by atoms with E-state index in [0.717, 1.165) is 4.90 Å². The first-order valence-corrected chi connectivity index (χ1v) is 10.4. The van der Waals surface area contributed by atoms with Crippen molar-refractivity contribution in [3.63, 3.8) is 0 Å². The minimum Gasteiger partial charge on any atom is -0.482 e. The van der Waals surface area contributed by atoms with Crippen molar-refractivity contribution in [2.24, 2.45) is 0 Å². The van der Waals surface area contributed by atoms with Crippen molar-refractivity contribution >= 4 is 29.7 Å². The van der Waals surface area contributed by atoms with Crippen LogP contribution in [0.25, 0.3) is 6.08 Å². The fourth-order valence-corrected chi connectivity index (χ4v) is 3.39. The largest absolute Gasteiger partial charge is 0.482 e.